The molecule has 1 unspecified atom stereocenters. The molecule has 0 radical (unpaired) electrons. The second-order valence-electron chi connectivity index (χ2n) is 11.8. The summed E-state index contributed by atoms with van der Waals surface area (Å²) in [5.74, 6) is 2.84. The van der Waals surface area contributed by atoms with E-state index in [0.717, 1.165) is 51.4 Å². The van der Waals surface area contributed by atoms with Crippen molar-refractivity contribution in [3.63, 3.8) is 0 Å². The third kappa shape index (κ3) is 3.42. The molecule has 4 saturated carbocycles. The quantitative estimate of drug-likeness (QED) is 0.516. The van der Waals surface area contributed by atoms with Gasteiger partial charge >= 0.3 is 0 Å². The first-order valence-corrected chi connectivity index (χ1v) is 12.7. The third-order valence-electron chi connectivity index (χ3n) is 10.5. The fraction of sp³-hybridized carbons (Fsp3) is 0.960. The lowest BCUT2D eigenvalue weighted by atomic mass is 9.45. The molecule has 0 bridgehead atoms. The van der Waals surface area contributed by atoms with Gasteiger partial charge in [0.05, 0.1) is 12.7 Å². The van der Waals surface area contributed by atoms with Crippen molar-refractivity contribution in [3.8, 4) is 0 Å². The fourth-order valence-electron chi connectivity index (χ4n) is 8.56. The van der Waals surface area contributed by atoms with E-state index in [1.807, 2.05) is 0 Å². The molecule has 1 aliphatic heterocycles. The first-order chi connectivity index (χ1) is 15.2. The third-order valence-corrected chi connectivity index (χ3v) is 10.5. The van der Waals surface area contributed by atoms with Crippen LogP contribution in [0.4, 0.5) is 0 Å². The average Bonchev–Trinajstić information content (AvgIpc) is 3.10. The molecule has 7 heteroatoms. The monoisotopic (exact) mass is 452 g/mol. The lowest BCUT2D eigenvalue weighted by Gasteiger charge is -2.60. The molecule has 0 spiro atoms. The van der Waals surface area contributed by atoms with Gasteiger partial charge in [0.2, 0.25) is 0 Å². The van der Waals surface area contributed by atoms with Gasteiger partial charge < -0.3 is 29.9 Å². The minimum atomic E-state index is -1.41. The van der Waals surface area contributed by atoms with E-state index in [-0.39, 0.29) is 16.9 Å². The van der Waals surface area contributed by atoms with E-state index in [4.69, 9.17) is 9.47 Å². The molecule has 182 valence electrons. The van der Waals surface area contributed by atoms with Crippen LogP contribution in [0.1, 0.15) is 71.6 Å². The van der Waals surface area contributed by atoms with Crippen LogP contribution >= 0.6 is 0 Å². The van der Waals surface area contributed by atoms with Crippen molar-refractivity contribution in [1.82, 2.24) is 0 Å². The van der Waals surface area contributed by atoms with Crippen LogP contribution in [0, 0.1) is 34.5 Å². The summed E-state index contributed by atoms with van der Waals surface area (Å²) in [4.78, 5) is 12.1. The zero-order valence-corrected chi connectivity index (χ0v) is 19.4. The highest BCUT2D eigenvalue weighted by Gasteiger charge is 2.61. The van der Waals surface area contributed by atoms with Crippen LogP contribution in [0.5, 0.6) is 0 Å². The molecule has 4 N–H and O–H groups in total. The Kier molecular flexibility index (Phi) is 6.00. The number of carbonyl (C=O) groups excluding carboxylic acids is 1. The number of ketones is 1. The van der Waals surface area contributed by atoms with Crippen molar-refractivity contribution in [1.29, 1.82) is 0 Å². The number of hydrogen-bond acceptors (Lipinski definition) is 7. The number of carbonyl (C=O) groups is 1. The Morgan fingerprint density at radius 1 is 0.938 bits per heavy atom. The molecule has 1 saturated heterocycles. The number of hydrogen-bond donors (Lipinski definition) is 4. The SMILES string of the molecule is C[C@]12CCC(=O)C[C@H]1CC[C@@H]1[C@@H]2CC[C@]2(C)[C@@H](OC3O[C@H](CO)[C@@H](O)[C@H](O)[C@H]3O)CC[C@@H]12. The van der Waals surface area contributed by atoms with Gasteiger partial charge in [0, 0.05) is 12.8 Å². The van der Waals surface area contributed by atoms with Gasteiger partial charge in [-0.05, 0) is 79.4 Å². The Hall–Kier alpha value is -0.570. The summed E-state index contributed by atoms with van der Waals surface area (Å²) < 4.78 is 12.0. The van der Waals surface area contributed by atoms with Crippen LogP contribution < -0.4 is 0 Å². The van der Waals surface area contributed by atoms with Crippen molar-refractivity contribution >= 4 is 5.78 Å². The van der Waals surface area contributed by atoms with Gasteiger partial charge in [0.25, 0.3) is 0 Å². The van der Waals surface area contributed by atoms with Gasteiger partial charge in [-0.1, -0.05) is 13.8 Å². The summed E-state index contributed by atoms with van der Waals surface area (Å²) in [6, 6.07) is 0. The van der Waals surface area contributed by atoms with E-state index in [2.05, 4.69) is 13.8 Å². The Bertz CT molecular complexity index is 727. The standard InChI is InChI=1S/C25H40O7/c1-24-9-7-14(27)11-13(24)3-4-15-16-5-6-19(25(16,2)10-8-17(15)24)32-23-22(30)21(29)20(28)18(12-26)31-23/h13,15-23,26,28-30H,3-12H2,1-2H3/t13-,15+,16+,17+,18-,19+,20-,21+,22-,23?,24+,25+/m1/s1. The maximum atomic E-state index is 12.1. The Balaban J connectivity index is 1.32. The summed E-state index contributed by atoms with van der Waals surface area (Å²) in [6.07, 6.45) is 2.84. The first kappa shape index (κ1) is 23.2. The molecule has 12 atom stereocenters. The molecule has 0 aromatic heterocycles. The topological polar surface area (TPSA) is 116 Å². The molecule has 1 heterocycles. The van der Waals surface area contributed by atoms with Gasteiger partial charge in [-0.3, -0.25) is 4.79 Å². The average molecular weight is 453 g/mol. The van der Waals surface area contributed by atoms with E-state index in [1.54, 1.807) is 0 Å². The molecule has 0 aromatic carbocycles. The van der Waals surface area contributed by atoms with Crippen LogP contribution in [0.15, 0.2) is 0 Å². The largest absolute Gasteiger partial charge is 0.394 e. The Morgan fingerprint density at radius 3 is 2.44 bits per heavy atom. The lowest BCUT2D eigenvalue weighted by molar-refractivity contribution is -0.319. The number of ether oxygens (including phenoxy) is 2. The van der Waals surface area contributed by atoms with Crippen molar-refractivity contribution in [2.24, 2.45) is 34.5 Å². The minimum Gasteiger partial charge on any atom is -0.394 e. The van der Waals surface area contributed by atoms with Crippen molar-refractivity contribution in [2.45, 2.75) is 108 Å². The highest BCUT2D eigenvalue weighted by molar-refractivity contribution is 5.79. The van der Waals surface area contributed by atoms with Crippen LogP contribution in [0.3, 0.4) is 0 Å². The lowest BCUT2D eigenvalue weighted by Crippen LogP contribution is -2.60. The molecule has 0 aromatic rings. The zero-order chi connectivity index (χ0) is 22.8. The Labute approximate surface area is 190 Å². The molecule has 4 aliphatic carbocycles. The van der Waals surface area contributed by atoms with E-state index in [0.29, 0.717) is 29.5 Å². The second-order valence-corrected chi connectivity index (χ2v) is 11.8. The van der Waals surface area contributed by atoms with Crippen LogP contribution in [0.25, 0.3) is 0 Å². The van der Waals surface area contributed by atoms with Crippen molar-refractivity contribution in [2.75, 3.05) is 6.61 Å². The maximum absolute atomic E-state index is 12.1. The van der Waals surface area contributed by atoms with Crippen molar-refractivity contribution in [3.05, 3.63) is 0 Å². The maximum Gasteiger partial charge on any atom is 0.186 e. The van der Waals surface area contributed by atoms with E-state index < -0.39 is 37.3 Å². The molecule has 7 nitrogen and oxygen atoms in total. The predicted molar refractivity (Wildman–Crippen MR) is 115 cm³/mol. The summed E-state index contributed by atoms with van der Waals surface area (Å²) in [7, 11) is 0. The van der Waals surface area contributed by atoms with E-state index in [1.165, 1.54) is 6.42 Å². The molecular weight excluding hydrogens is 412 g/mol. The number of rotatable bonds is 3. The first-order valence-electron chi connectivity index (χ1n) is 12.7. The highest BCUT2D eigenvalue weighted by atomic mass is 16.7. The summed E-state index contributed by atoms with van der Waals surface area (Å²) in [6.45, 7) is 4.32. The second kappa shape index (κ2) is 8.28. The summed E-state index contributed by atoms with van der Waals surface area (Å²) in [5.41, 5.74) is 0.252. The minimum absolute atomic E-state index is 0.0202. The van der Waals surface area contributed by atoms with E-state index >= 15 is 0 Å². The normalized spacial score (nSPS) is 55.8. The number of aliphatic hydroxyl groups is 4. The van der Waals surface area contributed by atoms with Crippen molar-refractivity contribution < 1.29 is 34.7 Å². The molecular formula is C25H40O7. The number of fused-ring (bicyclic) bond motifs is 5. The van der Waals surface area contributed by atoms with Gasteiger partial charge in [0.15, 0.2) is 6.29 Å². The van der Waals surface area contributed by atoms with Gasteiger partial charge in [-0.25, -0.2) is 0 Å². The molecule has 5 rings (SSSR count). The van der Waals surface area contributed by atoms with Crippen LogP contribution in [-0.2, 0) is 14.3 Å². The van der Waals surface area contributed by atoms with Gasteiger partial charge in [-0.15, -0.1) is 0 Å². The van der Waals surface area contributed by atoms with Gasteiger partial charge in [0.1, 0.15) is 30.2 Å². The number of Topliss-reactive ketones (excluding diaryl/α,β-unsaturated/α-hetero) is 1. The Morgan fingerprint density at radius 2 is 1.69 bits per heavy atom. The predicted octanol–water partition coefficient (Wildman–Crippen LogP) is 1.78. The molecule has 5 aliphatic rings. The van der Waals surface area contributed by atoms with Gasteiger partial charge in [-0.2, -0.15) is 0 Å². The summed E-state index contributed by atoms with van der Waals surface area (Å²) in [5, 5.41) is 40.2. The molecule has 5 fully saturated rings. The molecule has 32 heavy (non-hydrogen) atoms. The molecule has 0 amide bonds. The smallest absolute Gasteiger partial charge is 0.186 e. The number of aliphatic hydroxyl groups excluding tert-OH is 4. The van der Waals surface area contributed by atoms with Crippen LogP contribution in [0.2, 0.25) is 0 Å². The summed E-state index contributed by atoms with van der Waals surface area (Å²) >= 11 is 0. The fourth-order valence-corrected chi connectivity index (χ4v) is 8.56. The van der Waals surface area contributed by atoms with E-state index in [9.17, 15) is 25.2 Å². The zero-order valence-electron chi connectivity index (χ0n) is 19.4. The highest BCUT2D eigenvalue weighted by Crippen LogP contribution is 2.66. The van der Waals surface area contributed by atoms with Crippen LogP contribution in [-0.4, -0.2) is 69.6 Å².